The van der Waals surface area contributed by atoms with Gasteiger partial charge >= 0.3 is 0 Å². The van der Waals surface area contributed by atoms with Crippen molar-refractivity contribution in [3.8, 4) is 5.75 Å². The van der Waals surface area contributed by atoms with Crippen LogP contribution < -0.4 is 10.1 Å². The summed E-state index contributed by atoms with van der Waals surface area (Å²) in [6.07, 6.45) is 0. The summed E-state index contributed by atoms with van der Waals surface area (Å²) in [5.74, 6) is 1.33. The van der Waals surface area contributed by atoms with Crippen LogP contribution in [0.2, 0.25) is 10.0 Å². The van der Waals surface area contributed by atoms with E-state index in [1.807, 2.05) is 43.3 Å². The summed E-state index contributed by atoms with van der Waals surface area (Å²) in [7, 11) is 0. The Balaban J connectivity index is 1.73. The van der Waals surface area contributed by atoms with Gasteiger partial charge in [0, 0.05) is 34.3 Å². The molecule has 0 atom stereocenters. The van der Waals surface area contributed by atoms with Crippen LogP contribution in [0.5, 0.6) is 5.75 Å². The van der Waals surface area contributed by atoms with Crippen molar-refractivity contribution in [2.45, 2.75) is 26.6 Å². The van der Waals surface area contributed by atoms with Crippen molar-refractivity contribution in [1.82, 2.24) is 20.2 Å². The molecule has 1 heterocycles. The van der Waals surface area contributed by atoms with Crippen LogP contribution in [-0.2, 0) is 19.7 Å². The van der Waals surface area contributed by atoms with Crippen molar-refractivity contribution in [1.29, 1.82) is 0 Å². The lowest BCUT2D eigenvalue weighted by Crippen LogP contribution is -2.09. The number of tetrazole rings is 1. The van der Waals surface area contributed by atoms with Gasteiger partial charge in [-0.3, -0.25) is 0 Å². The van der Waals surface area contributed by atoms with Gasteiger partial charge in [-0.25, -0.2) is 4.68 Å². The standard InChI is InChI=1S/C17H17Cl2N5O/c1-2-24-17(21-22-23-24)20-10-13-9-14(18)7-8-16(13)25-11-12-5-3-4-6-15(12)19/h3-9H,2,10-11H2,1H3,(H,20,21,23). The van der Waals surface area contributed by atoms with Crippen LogP contribution in [0.1, 0.15) is 18.1 Å². The summed E-state index contributed by atoms with van der Waals surface area (Å²) < 4.78 is 7.62. The number of hydrogen-bond acceptors (Lipinski definition) is 5. The van der Waals surface area contributed by atoms with E-state index in [0.717, 1.165) is 16.9 Å². The molecule has 2 aromatic carbocycles. The Morgan fingerprint density at radius 2 is 1.96 bits per heavy atom. The Hall–Kier alpha value is -2.31. The third-order valence-corrected chi connectivity index (χ3v) is 4.24. The van der Waals surface area contributed by atoms with Gasteiger partial charge in [-0.05, 0) is 41.6 Å². The second-order valence-electron chi connectivity index (χ2n) is 5.30. The molecule has 0 spiro atoms. The molecule has 1 aromatic heterocycles. The fraction of sp³-hybridized carbons (Fsp3) is 0.235. The molecule has 6 nitrogen and oxygen atoms in total. The molecule has 0 unspecified atom stereocenters. The highest BCUT2D eigenvalue weighted by atomic mass is 35.5. The molecule has 3 aromatic rings. The van der Waals surface area contributed by atoms with Crippen molar-refractivity contribution in [2.24, 2.45) is 0 Å². The van der Waals surface area contributed by atoms with Crippen LogP contribution in [-0.4, -0.2) is 20.2 Å². The van der Waals surface area contributed by atoms with Crippen molar-refractivity contribution in [3.05, 3.63) is 63.6 Å². The second kappa shape index (κ2) is 8.18. The lowest BCUT2D eigenvalue weighted by atomic mass is 10.2. The van der Waals surface area contributed by atoms with Crippen LogP contribution in [0.4, 0.5) is 5.95 Å². The molecule has 0 aliphatic heterocycles. The Morgan fingerprint density at radius 3 is 2.76 bits per heavy atom. The first-order valence-electron chi connectivity index (χ1n) is 7.82. The number of halogens is 2. The smallest absolute Gasteiger partial charge is 0.243 e. The molecule has 0 radical (unpaired) electrons. The second-order valence-corrected chi connectivity index (χ2v) is 6.15. The molecular formula is C17H17Cl2N5O. The first-order valence-corrected chi connectivity index (χ1v) is 8.57. The number of nitrogens with zero attached hydrogens (tertiary/aromatic N) is 4. The van der Waals surface area contributed by atoms with Crippen molar-refractivity contribution in [3.63, 3.8) is 0 Å². The van der Waals surface area contributed by atoms with E-state index in [9.17, 15) is 0 Å². The van der Waals surface area contributed by atoms with Crippen molar-refractivity contribution < 1.29 is 4.74 Å². The maximum Gasteiger partial charge on any atom is 0.243 e. The molecule has 130 valence electrons. The van der Waals surface area contributed by atoms with Crippen molar-refractivity contribution in [2.75, 3.05) is 5.32 Å². The molecule has 1 N–H and O–H groups in total. The minimum Gasteiger partial charge on any atom is -0.488 e. The van der Waals surface area contributed by atoms with E-state index in [2.05, 4.69) is 20.8 Å². The number of aromatic nitrogens is 4. The monoisotopic (exact) mass is 377 g/mol. The molecule has 0 saturated carbocycles. The van der Waals surface area contributed by atoms with E-state index < -0.39 is 0 Å². The van der Waals surface area contributed by atoms with E-state index in [4.69, 9.17) is 27.9 Å². The zero-order chi connectivity index (χ0) is 17.6. The molecule has 3 rings (SSSR count). The van der Waals surface area contributed by atoms with Crippen molar-refractivity contribution >= 4 is 29.2 Å². The summed E-state index contributed by atoms with van der Waals surface area (Å²) in [5, 5.41) is 16.0. The van der Waals surface area contributed by atoms with E-state index in [1.165, 1.54) is 0 Å². The molecule has 0 amide bonds. The van der Waals surface area contributed by atoms with E-state index >= 15 is 0 Å². The maximum atomic E-state index is 6.18. The van der Waals surface area contributed by atoms with Gasteiger partial charge in [-0.1, -0.05) is 46.5 Å². The van der Waals surface area contributed by atoms with Gasteiger partial charge < -0.3 is 10.1 Å². The minimum absolute atomic E-state index is 0.376. The topological polar surface area (TPSA) is 64.9 Å². The van der Waals surface area contributed by atoms with E-state index in [-0.39, 0.29) is 0 Å². The van der Waals surface area contributed by atoms with Gasteiger partial charge in [0.2, 0.25) is 5.95 Å². The van der Waals surface area contributed by atoms with Crippen LogP contribution in [0.25, 0.3) is 0 Å². The number of aryl methyl sites for hydroxylation is 1. The average molecular weight is 378 g/mol. The molecule has 25 heavy (non-hydrogen) atoms. The largest absolute Gasteiger partial charge is 0.488 e. The predicted molar refractivity (Wildman–Crippen MR) is 98.1 cm³/mol. The van der Waals surface area contributed by atoms with Gasteiger partial charge in [0.15, 0.2) is 0 Å². The Kier molecular flexibility index (Phi) is 5.73. The van der Waals surface area contributed by atoms with Gasteiger partial charge in [0.25, 0.3) is 0 Å². The number of anilines is 1. The summed E-state index contributed by atoms with van der Waals surface area (Å²) in [6.45, 7) is 3.51. The summed E-state index contributed by atoms with van der Waals surface area (Å²) in [5.41, 5.74) is 1.83. The number of rotatable bonds is 7. The molecule has 0 bridgehead atoms. The summed E-state index contributed by atoms with van der Waals surface area (Å²) in [6, 6.07) is 13.1. The summed E-state index contributed by atoms with van der Waals surface area (Å²) in [4.78, 5) is 0. The molecule has 0 saturated heterocycles. The molecule has 0 fully saturated rings. The Labute approximate surface area is 155 Å². The first-order chi connectivity index (χ1) is 12.2. The van der Waals surface area contributed by atoms with Gasteiger partial charge in [-0.15, -0.1) is 0 Å². The number of nitrogens with one attached hydrogen (secondary N) is 1. The normalized spacial score (nSPS) is 10.7. The number of hydrogen-bond donors (Lipinski definition) is 1. The lowest BCUT2D eigenvalue weighted by molar-refractivity contribution is 0.303. The highest BCUT2D eigenvalue weighted by Gasteiger charge is 2.09. The number of benzene rings is 2. The van der Waals surface area contributed by atoms with Crippen LogP contribution in [0, 0.1) is 0 Å². The third kappa shape index (κ3) is 4.41. The molecule has 8 heteroatoms. The Morgan fingerprint density at radius 1 is 1.12 bits per heavy atom. The van der Waals surface area contributed by atoms with Gasteiger partial charge in [-0.2, -0.15) is 0 Å². The summed E-state index contributed by atoms with van der Waals surface area (Å²) >= 11 is 12.3. The zero-order valence-electron chi connectivity index (χ0n) is 13.6. The average Bonchev–Trinajstić information content (AvgIpc) is 3.08. The number of ether oxygens (including phenoxy) is 1. The van der Waals surface area contributed by atoms with E-state index in [0.29, 0.717) is 35.7 Å². The zero-order valence-corrected chi connectivity index (χ0v) is 15.1. The van der Waals surface area contributed by atoms with Gasteiger partial charge in [0.1, 0.15) is 12.4 Å². The predicted octanol–water partition coefficient (Wildman–Crippen LogP) is 4.19. The van der Waals surface area contributed by atoms with E-state index in [1.54, 1.807) is 10.7 Å². The Bertz CT molecular complexity index is 853. The first kappa shape index (κ1) is 17.5. The van der Waals surface area contributed by atoms with Gasteiger partial charge in [0.05, 0.1) is 0 Å². The van der Waals surface area contributed by atoms with Crippen LogP contribution in [0.15, 0.2) is 42.5 Å². The van der Waals surface area contributed by atoms with Crippen LogP contribution >= 0.6 is 23.2 Å². The fourth-order valence-electron chi connectivity index (χ4n) is 2.32. The highest BCUT2D eigenvalue weighted by Crippen LogP contribution is 2.26. The maximum absolute atomic E-state index is 6.18. The minimum atomic E-state index is 0.376. The highest BCUT2D eigenvalue weighted by molar-refractivity contribution is 6.31. The SMILES string of the molecule is CCn1nnnc1NCc1cc(Cl)ccc1OCc1ccccc1Cl. The fourth-order valence-corrected chi connectivity index (χ4v) is 2.70. The lowest BCUT2D eigenvalue weighted by Gasteiger charge is -2.13. The van der Waals surface area contributed by atoms with Crippen LogP contribution in [0.3, 0.4) is 0 Å². The molecule has 0 aliphatic carbocycles. The molecule has 0 aliphatic rings. The molecular weight excluding hydrogens is 361 g/mol. The third-order valence-electron chi connectivity index (χ3n) is 3.63. The quantitative estimate of drug-likeness (QED) is 0.668.